The van der Waals surface area contributed by atoms with Crippen molar-refractivity contribution in [3.05, 3.63) is 41.9 Å². The minimum absolute atomic E-state index is 0.169. The molecule has 1 heterocycles. The van der Waals surface area contributed by atoms with Crippen LogP contribution in [0.3, 0.4) is 0 Å². The third-order valence-corrected chi connectivity index (χ3v) is 3.89. The number of aryl methyl sites for hydroxylation is 2. The van der Waals surface area contributed by atoms with Gasteiger partial charge in [-0.15, -0.1) is 0 Å². The van der Waals surface area contributed by atoms with Gasteiger partial charge in [0.05, 0.1) is 0 Å². The summed E-state index contributed by atoms with van der Waals surface area (Å²) in [4.78, 5) is 8.86. The SMILES string of the molecule is CCc1ncc(C)c(Nc2cccc(NSC(C)(C)C)c2)n1. The second kappa shape index (κ2) is 7.01. The molecule has 0 radical (unpaired) electrons. The Morgan fingerprint density at radius 1 is 1.18 bits per heavy atom. The van der Waals surface area contributed by atoms with Gasteiger partial charge < -0.3 is 10.0 Å². The molecule has 2 N–H and O–H groups in total. The first-order valence-corrected chi connectivity index (χ1v) is 8.32. The minimum atomic E-state index is 0.169. The fourth-order valence-corrected chi connectivity index (χ4v) is 2.34. The van der Waals surface area contributed by atoms with Gasteiger partial charge in [0.2, 0.25) is 0 Å². The van der Waals surface area contributed by atoms with Crippen LogP contribution in [-0.4, -0.2) is 14.7 Å². The predicted octanol–water partition coefficient (Wildman–Crippen LogP) is 4.95. The highest BCUT2D eigenvalue weighted by molar-refractivity contribution is 8.01. The third-order valence-electron chi connectivity index (χ3n) is 2.94. The highest BCUT2D eigenvalue weighted by atomic mass is 32.2. The van der Waals surface area contributed by atoms with Crippen molar-refractivity contribution < 1.29 is 0 Å². The zero-order valence-corrected chi connectivity index (χ0v) is 14.7. The maximum atomic E-state index is 4.55. The van der Waals surface area contributed by atoms with Crippen LogP contribution >= 0.6 is 11.9 Å². The number of benzene rings is 1. The van der Waals surface area contributed by atoms with Gasteiger partial charge >= 0.3 is 0 Å². The Labute approximate surface area is 137 Å². The smallest absolute Gasteiger partial charge is 0.137 e. The largest absolute Gasteiger partial charge is 0.340 e. The van der Waals surface area contributed by atoms with Gasteiger partial charge in [0, 0.05) is 34.3 Å². The quantitative estimate of drug-likeness (QED) is 0.764. The average Bonchev–Trinajstić information content (AvgIpc) is 2.47. The zero-order valence-electron chi connectivity index (χ0n) is 13.9. The molecule has 2 rings (SSSR count). The first-order chi connectivity index (χ1) is 10.4. The molecule has 0 unspecified atom stereocenters. The summed E-state index contributed by atoms with van der Waals surface area (Å²) in [5.41, 5.74) is 3.13. The lowest BCUT2D eigenvalue weighted by molar-refractivity contribution is 0.806. The monoisotopic (exact) mass is 316 g/mol. The van der Waals surface area contributed by atoms with Crippen LogP contribution in [0.25, 0.3) is 0 Å². The highest BCUT2D eigenvalue weighted by Gasteiger charge is 2.11. The lowest BCUT2D eigenvalue weighted by Crippen LogP contribution is -2.10. The average molecular weight is 316 g/mol. The molecule has 22 heavy (non-hydrogen) atoms. The molecule has 0 aliphatic heterocycles. The van der Waals surface area contributed by atoms with Gasteiger partial charge in [-0.3, -0.25) is 0 Å². The maximum Gasteiger partial charge on any atom is 0.137 e. The number of aromatic nitrogens is 2. The van der Waals surface area contributed by atoms with Crippen LogP contribution in [0.5, 0.6) is 0 Å². The number of nitrogens with zero attached hydrogens (tertiary/aromatic N) is 2. The normalized spacial score (nSPS) is 11.3. The molecule has 0 aliphatic carbocycles. The van der Waals surface area contributed by atoms with Crippen molar-refractivity contribution in [2.24, 2.45) is 0 Å². The Bertz CT molecular complexity index is 635. The van der Waals surface area contributed by atoms with Crippen LogP contribution < -0.4 is 10.0 Å². The van der Waals surface area contributed by atoms with E-state index in [1.165, 1.54) is 0 Å². The molecular weight excluding hydrogens is 292 g/mol. The van der Waals surface area contributed by atoms with E-state index in [0.717, 1.165) is 35.0 Å². The van der Waals surface area contributed by atoms with Crippen LogP contribution in [-0.2, 0) is 6.42 Å². The second-order valence-electron chi connectivity index (χ2n) is 6.19. The molecule has 0 aliphatic rings. The van der Waals surface area contributed by atoms with Gasteiger partial charge in [0.15, 0.2) is 0 Å². The molecule has 5 heteroatoms. The van der Waals surface area contributed by atoms with Crippen LogP contribution in [0, 0.1) is 6.92 Å². The number of anilines is 3. The molecule has 0 amide bonds. The standard InChI is InChI=1S/C17H24N4S/c1-6-15-18-11-12(2)16(20-15)19-13-8-7-9-14(10-13)21-22-17(3,4)5/h7-11,21H,6H2,1-5H3,(H,18,19,20). The lowest BCUT2D eigenvalue weighted by Gasteiger charge is -2.18. The van der Waals surface area contributed by atoms with Gasteiger partial charge in [-0.2, -0.15) is 0 Å². The molecule has 1 aromatic carbocycles. The molecule has 0 fully saturated rings. The number of nitrogens with one attached hydrogen (secondary N) is 2. The van der Waals surface area contributed by atoms with E-state index < -0.39 is 0 Å². The molecule has 2 aromatic rings. The minimum Gasteiger partial charge on any atom is -0.340 e. The zero-order chi connectivity index (χ0) is 16.2. The Morgan fingerprint density at radius 2 is 1.91 bits per heavy atom. The molecule has 0 saturated carbocycles. The fourth-order valence-electron chi connectivity index (χ4n) is 1.78. The van der Waals surface area contributed by atoms with Crippen molar-refractivity contribution in [2.75, 3.05) is 10.0 Å². The molecular formula is C17H24N4S. The fraction of sp³-hybridized carbons (Fsp3) is 0.412. The second-order valence-corrected chi connectivity index (χ2v) is 7.83. The molecule has 0 atom stereocenters. The van der Waals surface area contributed by atoms with Gasteiger partial charge in [0.1, 0.15) is 11.6 Å². The number of hydrogen-bond acceptors (Lipinski definition) is 5. The molecule has 4 nitrogen and oxygen atoms in total. The van der Waals surface area contributed by atoms with E-state index in [4.69, 9.17) is 0 Å². The summed E-state index contributed by atoms with van der Waals surface area (Å²) in [7, 11) is 0. The van der Waals surface area contributed by atoms with Gasteiger partial charge in [-0.1, -0.05) is 13.0 Å². The Kier molecular flexibility index (Phi) is 5.29. The summed E-state index contributed by atoms with van der Waals surface area (Å²) in [5.74, 6) is 1.72. The van der Waals surface area contributed by atoms with Crippen molar-refractivity contribution in [1.29, 1.82) is 0 Å². The molecule has 118 valence electrons. The summed E-state index contributed by atoms with van der Waals surface area (Å²) in [5, 5.41) is 3.38. The van der Waals surface area contributed by atoms with Crippen LogP contribution in [0.4, 0.5) is 17.2 Å². The Morgan fingerprint density at radius 3 is 2.59 bits per heavy atom. The van der Waals surface area contributed by atoms with E-state index in [1.54, 1.807) is 11.9 Å². The van der Waals surface area contributed by atoms with Crippen LogP contribution in [0.15, 0.2) is 30.5 Å². The summed E-state index contributed by atoms with van der Waals surface area (Å²) in [6.07, 6.45) is 2.70. The van der Waals surface area contributed by atoms with E-state index in [9.17, 15) is 0 Å². The first kappa shape index (κ1) is 16.6. The predicted molar refractivity (Wildman–Crippen MR) is 96.8 cm³/mol. The molecule has 0 spiro atoms. The van der Waals surface area contributed by atoms with Crippen molar-refractivity contribution in [2.45, 2.75) is 45.8 Å². The van der Waals surface area contributed by atoms with Crippen LogP contribution in [0.2, 0.25) is 0 Å². The number of rotatable bonds is 5. The van der Waals surface area contributed by atoms with Crippen molar-refractivity contribution in [3.8, 4) is 0 Å². The molecule has 1 aromatic heterocycles. The van der Waals surface area contributed by atoms with Gasteiger partial charge in [-0.05, 0) is 57.8 Å². The van der Waals surface area contributed by atoms with E-state index >= 15 is 0 Å². The summed E-state index contributed by atoms with van der Waals surface area (Å²) in [6.45, 7) is 10.6. The van der Waals surface area contributed by atoms with Crippen LogP contribution in [0.1, 0.15) is 39.1 Å². The van der Waals surface area contributed by atoms with E-state index in [0.29, 0.717) is 0 Å². The third kappa shape index (κ3) is 4.91. The summed E-state index contributed by atoms with van der Waals surface area (Å²) in [6, 6.07) is 8.23. The Hall–Kier alpha value is -1.75. The van der Waals surface area contributed by atoms with Gasteiger partial charge in [-0.25, -0.2) is 9.97 Å². The topological polar surface area (TPSA) is 49.8 Å². The summed E-state index contributed by atoms with van der Waals surface area (Å²) >= 11 is 1.71. The van der Waals surface area contributed by atoms with E-state index in [1.807, 2.05) is 25.3 Å². The lowest BCUT2D eigenvalue weighted by atomic mass is 10.2. The highest BCUT2D eigenvalue weighted by Crippen LogP contribution is 2.27. The molecule has 0 bridgehead atoms. The van der Waals surface area contributed by atoms with Gasteiger partial charge in [0.25, 0.3) is 0 Å². The Balaban J connectivity index is 2.13. The first-order valence-electron chi connectivity index (χ1n) is 7.51. The maximum absolute atomic E-state index is 4.55. The summed E-state index contributed by atoms with van der Waals surface area (Å²) < 4.78 is 3.56. The van der Waals surface area contributed by atoms with Crippen molar-refractivity contribution >= 4 is 29.1 Å². The van der Waals surface area contributed by atoms with E-state index in [2.05, 4.69) is 59.8 Å². The van der Waals surface area contributed by atoms with Crippen molar-refractivity contribution in [3.63, 3.8) is 0 Å². The van der Waals surface area contributed by atoms with Crippen molar-refractivity contribution in [1.82, 2.24) is 9.97 Å². The molecule has 0 saturated heterocycles. The number of hydrogen-bond donors (Lipinski definition) is 2. The van der Waals surface area contributed by atoms with E-state index in [-0.39, 0.29) is 4.75 Å².